The van der Waals surface area contributed by atoms with Gasteiger partial charge in [0.05, 0.1) is 0 Å². The molecule has 1 aliphatic heterocycles. The van der Waals surface area contributed by atoms with Crippen LogP contribution in [0.15, 0.2) is 0 Å². The topological polar surface area (TPSA) is 55.8 Å². The first-order chi connectivity index (χ1) is 8.98. The van der Waals surface area contributed by atoms with Crippen LogP contribution in [0.2, 0.25) is 0 Å². The van der Waals surface area contributed by atoms with E-state index in [1.54, 1.807) is 7.05 Å². The maximum Gasteiger partial charge on any atom is 0.323 e. The van der Waals surface area contributed by atoms with Crippen LogP contribution < -0.4 is 5.32 Å². The van der Waals surface area contributed by atoms with Gasteiger partial charge in [0.25, 0.3) is 0 Å². The van der Waals surface area contributed by atoms with Crippen molar-refractivity contribution in [3.8, 4) is 0 Å². The van der Waals surface area contributed by atoms with Gasteiger partial charge in [0, 0.05) is 18.6 Å². The fourth-order valence-corrected chi connectivity index (χ4v) is 3.66. The molecule has 1 saturated carbocycles. The highest BCUT2D eigenvalue weighted by Gasteiger charge is 2.46. The number of carboxylic acid groups (broad SMARTS) is 1. The summed E-state index contributed by atoms with van der Waals surface area (Å²) in [7, 11) is 6.11. The van der Waals surface area contributed by atoms with E-state index in [4.69, 9.17) is 0 Å². The number of aliphatic carboxylic acids is 1. The van der Waals surface area contributed by atoms with Crippen molar-refractivity contribution in [1.29, 1.82) is 0 Å². The number of carbonyl (C=O) groups is 1. The van der Waals surface area contributed by atoms with Crippen molar-refractivity contribution in [2.24, 2.45) is 0 Å². The largest absolute Gasteiger partial charge is 0.480 e. The lowest BCUT2D eigenvalue weighted by atomic mass is 9.97. The lowest BCUT2D eigenvalue weighted by Gasteiger charge is -2.39. The van der Waals surface area contributed by atoms with E-state index in [0.717, 1.165) is 25.8 Å². The van der Waals surface area contributed by atoms with Crippen LogP contribution in [0.25, 0.3) is 0 Å². The van der Waals surface area contributed by atoms with Gasteiger partial charge in [-0.25, -0.2) is 0 Å². The minimum atomic E-state index is -0.709. The Labute approximate surface area is 115 Å². The maximum atomic E-state index is 11.5. The van der Waals surface area contributed by atoms with Crippen molar-refractivity contribution in [1.82, 2.24) is 15.1 Å². The van der Waals surface area contributed by atoms with Gasteiger partial charge in [-0.2, -0.15) is 0 Å². The number of nitrogens with zero attached hydrogens (tertiary/aromatic N) is 2. The molecule has 0 amide bonds. The number of hydrogen-bond donors (Lipinski definition) is 2. The Hall–Kier alpha value is -0.650. The average Bonchev–Trinajstić information content (AvgIpc) is 2.83. The van der Waals surface area contributed by atoms with Crippen LogP contribution in [0.4, 0.5) is 0 Å². The Balaban J connectivity index is 1.98. The smallest absolute Gasteiger partial charge is 0.323 e. The molecule has 2 fully saturated rings. The highest BCUT2D eigenvalue weighted by molar-refractivity contribution is 5.79. The van der Waals surface area contributed by atoms with Crippen molar-refractivity contribution in [2.75, 3.05) is 34.2 Å². The van der Waals surface area contributed by atoms with Crippen molar-refractivity contribution >= 4 is 5.97 Å². The quantitative estimate of drug-likeness (QED) is 0.783. The zero-order valence-electron chi connectivity index (χ0n) is 12.4. The second-order valence-corrected chi connectivity index (χ2v) is 6.26. The highest BCUT2D eigenvalue weighted by atomic mass is 16.4. The predicted octanol–water partition coefficient (Wildman–Crippen LogP) is 0.608. The zero-order chi connectivity index (χ0) is 14.0. The molecule has 110 valence electrons. The van der Waals surface area contributed by atoms with E-state index in [0.29, 0.717) is 12.1 Å². The molecule has 5 heteroatoms. The molecule has 0 aromatic carbocycles. The van der Waals surface area contributed by atoms with Gasteiger partial charge < -0.3 is 15.3 Å². The molecule has 19 heavy (non-hydrogen) atoms. The van der Waals surface area contributed by atoms with E-state index in [1.807, 2.05) is 0 Å². The number of likely N-dealkylation sites (tertiary alicyclic amines) is 1. The third kappa shape index (κ3) is 2.93. The van der Waals surface area contributed by atoms with Crippen LogP contribution >= 0.6 is 0 Å². The maximum absolute atomic E-state index is 11.5. The highest BCUT2D eigenvalue weighted by Crippen LogP contribution is 2.34. The SMILES string of the molecule is CNC1(C(=O)O)CCC(N(C)C2CCCN(C)C2)C1. The molecule has 0 bridgehead atoms. The summed E-state index contributed by atoms with van der Waals surface area (Å²) in [4.78, 5) is 16.3. The van der Waals surface area contributed by atoms with E-state index in [-0.39, 0.29) is 0 Å². The molecule has 1 saturated heterocycles. The normalized spacial score (nSPS) is 36.8. The standard InChI is InChI=1S/C14H27N3O2/c1-15-14(13(18)19)7-6-11(9-14)17(3)12-5-4-8-16(2)10-12/h11-12,15H,4-10H2,1-3H3,(H,18,19). The molecular weight excluding hydrogens is 242 g/mol. The lowest BCUT2D eigenvalue weighted by Crippen LogP contribution is -2.52. The molecule has 1 heterocycles. The Morgan fingerprint density at radius 1 is 1.42 bits per heavy atom. The Kier molecular flexibility index (Phi) is 4.48. The molecule has 3 unspecified atom stereocenters. The fraction of sp³-hybridized carbons (Fsp3) is 0.929. The average molecular weight is 269 g/mol. The molecule has 2 aliphatic rings. The van der Waals surface area contributed by atoms with Crippen LogP contribution in [0.5, 0.6) is 0 Å². The number of likely N-dealkylation sites (N-methyl/N-ethyl adjacent to an activating group) is 3. The molecule has 0 aromatic heterocycles. The molecule has 0 radical (unpaired) electrons. The van der Waals surface area contributed by atoms with E-state index < -0.39 is 11.5 Å². The van der Waals surface area contributed by atoms with Crippen LogP contribution in [0, 0.1) is 0 Å². The van der Waals surface area contributed by atoms with Gasteiger partial charge in [0.15, 0.2) is 0 Å². The monoisotopic (exact) mass is 269 g/mol. The molecular formula is C14H27N3O2. The third-order valence-electron chi connectivity index (χ3n) is 5.13. The summed E-state index contributed by atoms with van der Waals surface area (Å²) in [6.07, 6.45) is 4.90. The Bertz CT molecular complexity index is 337. The molecule has 0 aromatic rings. The lowest BCUT2D eigenvalue weighted by molar-refractivity contribution is -0.144. The van der Waals surface area contributed by atoms with Crippen molar-refractivity contribution in [2.45, 2.75) is 49.7 Å². The van der Waals surface area contributed by atoms with E-state index in [2.05, 4.69) is 29.2 Å². The van der Waals surface area contributed by atoms with Crippen LogP contribution in [-0.2, 0) is 4.79 Å². The van der Waals surface area contributed by atoms with Crippen molar-refractivity contribution in [3.05, 3.63) is 0 Å². The summed E-state index contributed by atoms with van der Waals surface area (Å²) in [5, 5.41) is 12.5. The van der Waals surface area contributed by atoms with Gasteiger partial charge in [0.2, 0.25) is 0 Å². The van der Waals surface area contributed by atoms with Crippen molar-refractivity contribution < 1.29 is 9.90 Å². The second-order valence-electron chi connectivity index (χ2n) is 6.26. The first-order valence-electron chi connectivity index (χ1n) is 7.31. The van der Waals surface area contributed by atoms with Gasteiger partial charge in [-0.3, -0.25) is 9.69 Å². The van der Waals surface area contributed by atoms with E-state index in [9.17, 15) is 9.90 Å². The molecule has 2 N–H and O–H groups in total. The minimum absolute atomic E-state index is 0.389. The summed E-state index contributed by atoms with van der Waals surface area (Å²) in [5.41, 5.74) is -0.709. The summed E-state index contributed by atoms with van der Waals surface area (Å²) in [6, 6.07) is 0.963. The first kappa shape index (κ1) is 14.8. The summed E-state index contributed by atoms with van der Waals surface area (Å²) >= 11 is 0. The minimum Gasteiger partial charge on any atom is -0.480 e. The van der Waals surface area contributed by atoms with Crippen LogP contribution in [0.1, 0.15) is 32.1 Å². The summed E-state index contributed by atoms with van der Waals surface area (Å²) < 4.78 is 0. The van der Waals surface area contributed by atoms with E-state index >= 15 is 0 Å². The van der Waals surface area contributed by atoms with Gasteiger partial charge in [0.1, 0.15) is 5.54 Å². The second kappa shape index (κ2) is 5.77. The first-order valence-corrected chi connectivity index (χ1v) is 7.31. The number of piperidine rings is 1. The fourth-order valence-electron chi connectivity index (χ4n) is 3.66. The number of hydrogen-bond acceptors (Lipinski definition) is 4. The Morgan fingerprint density at radius 2 is 2.16 bits per heavy atom. The van der Waals surface area contributed by atoms with Crippen molar-refractivity contribution in [3.63, 3.8) is 0 Å². The van der Waals surface area contributed by atoms with Gasteiger partial charge in [-0.05, 0) is 59.8 Å². The molecule has 5 nitrogen and oxygen atoms in total. The van der Waals surface area contributed by atoms with Gasteiger partial charge in [-0.15, -0.1) is 0 Å². The van der Waals surface area contributed by atoms with Crippen LogP contribution in [-0.4, -0.2) is 72.7 Å². The molecule has 0 spiro atoms. The Morgan fingerprint density at radius 3 is 2.68 bits per heavy atom. The van der Waals surface area contributed by atoms with Gasteiger partial charge >= 0.3 is 5.97 Å². The zero-order valence-corrected chi connectivity index (χ0v) is 12.4. The summed E-state index contributed by atoms with van der Waals surface area (Å²) in [5.74, 6) is -0.702. The number of carboxylic acids is 1. The number of rotatable bonds is 4. The molecule has 3 atom stereocenters. The predicted molar refractivity (Wildman–Crippen MR) is 75.3 cm³/mol. The molecule has 1 aliphatic carbocycles. The van der Waals surface area contributed by atoms with Crippen LogP contribution in [0.3, 0.4) is 0 Å². The third-order valence-corrected chi connectivity index (χ3v) is 5.13. The summed E-state index contributed by atoms with van der Waals surface area (Å²) in [6.45, 7) is 2.29. The van der Waals surface area contributed by atoms with Gasteiger partial charge in [-0.1, -0.05) is 0 Å². The number of nitrogens with one attached hydrogen (secondary N) is 1. The molecule has 2 rings (SSSR count). The van der Waals surface area contributed by atoms with E-state index in [1.165, 1.54) is 19.4 Å².